The Kier molecular flexibility index (Phi) is 5.60. The first-order chi connectivity index (χ1) is 12.9. The third-order valence-corrected chi connectivity index (χ3v) is 4.75. The monoisotopic (exact) mass is 371 g/mol. The molecule has 0 fully saturated rings. The van der Waals surface area contributed by atoms with Crippen LogP contribution in [0.25, 0.3) is 0 Å². The van der Waals surface area contributed by atoms with Gasteiger partial charge in [-0.25, -0.2) is 9.37 Å². The van der Waals surface area contributed by atoms with Crippen LogP contribution in [0.5, 0.6) is 0 Å². The van der Waals surface area contributed by atoms with Gasteiger partial charge in [-0.3, -0.25) is 5.41 Å². The average Bonchev–Trinajstić information content (AvgIpc) is 3.02. The molecule has 2 aromatic rings. The van der Waals surface area contributed by atoms with E-state index in [1.54, 1.807) is 17.0 Å². The molecule has 3 rings (SSSR count). The molecule has 0 bridgehead atoms. The molecule has 0 unspecified atom stereocenters. The molecule has 144 valence electrons. The highest BCUT2D eigenvalue weighted by Gasteiger charge is 2.32. The smallest absolute Gasteiger partial charge is 0.163 e. The van der Waals surface area contributed by atoms with Crippen molar-refractivity contribution >= 4 is 11.7 Å². The molecule has 0 saturated carbocycles. The summed E-state index contributed by atoms with van der Waals surface area (Å²) < 4.78 is 20.9. The van der Waals surface area contributed by atoms with Crippen LogP contribution in [-0.4, -0.2) is 47.6 Å². The van der Waals surface area contributed by atoms with Gasteiger partial charge in [-0.15, -0.1) is 0 Å². The zero-order valence-corrected chi connectivity index (χ0v) is 16.1. The van der Waals surface area contributed by atoms with E-state index in [4.69, 9.17) is 15.1 Å². The fourth-order valence-corrected chi connectivity index (χ4v) is 3.13. The second-order valence-electron chi connectivity index (χ2n) is 6.66. The molecule has 2 heterocycles. The molecule has 0 amide bonds. The highest BCUT2D eigenvalue weighted by atomic mass is 19.1. The third-order valence-electron chi connectivity index (χ3n) is 4.75. The number of rotatable bonds is 7. The summed E-state index contributed by atoms with van der Waals surface area (Å²) in [6, 6.07) is 6.43. The third kappa shape index (κ3) is 3.73. The predicted octanol–water partition coefficient (Wildman–Crippen LogP) is 3.22. The molecule has 0 aliphatic carbocycles. The summed E-state index contributed by atoms with van der Waals surface area (Å²) >= 11 is 0. The number of halogens is 1. The van der Waals surface area contributed by atoms with E-state index in [9.17, 15) is 4.39 Å². The lowest BCUT2D eigenvalue weighted by molar-refractivity contribution is 0.136. The maximum absolute atomic E-state index is 13.3. The topological polar surface area (TPSA) is 57.4 Å². The SMILES string of the molecule is C=C1N(C)C(=N)c2c(nc(CCOCCC)n2Cc2ccc(F)cc2)N1C. The highest BCUT2D eigenvalue weighted by Crippen LogP contribution is 2.31. The van der Waals surface area contributed by atoms with Crippen LogP contribution in [0.3, 0.4) is 0 Å². The number of nitrogens with zero attached hydrogens (tertiary/aromatic N) is 4. The van der Waals surface area contributed by atoms with E-state index in [2.05, 4.69) is 13.5 Å². The van der Waals surface area contributed by atoms with Gasteiger partial charge in [-0.05, 0) is 24.1 Å². The van der Waals surface area contributed by atoms with Crippen molar-refractivity contribution in [3.05, 3.63) is 59.6 Å². The van der Waals surface area contributed by atoms with E-state index >= 15 is 0 Å². The van der Waals surface area contributed by atoms with Gasteiger partial charge in [0, 0.05) is 33.7 Å². The van der Waals surface area contributed by atoms with Crippen LogP contribution in [0.2, 0.25) is 0 Å². The molecule has 1 N–H and O–H groups in total. The van der Waals surface area contributed by atoms with E-state index in [0.717, 1.165) is 29.3 Å². The maximum Gasteiger partial charge on any atom is 0.163 e. The Labute approximate surface area is 159 Å². The number of ether oxygens (including phenoxy) is 1. The first-order valence-electron chi connectivity index (χ1n) is 9.10. The summed E-state index contributed by atoms with van der Waals surface area (Å²) in [7, 11) is 3.72. The summed E-state index contributed by atoms with van der Waals surface area (Å²) in [6.45, 7) is 7.92. The summed E-state index contributed by atoms with van der Waals surface area (Å²) in [6.07, 6.45) is 1.62. The Balaban J connectivity index is 1.99. The molecule has 1 aromatic heterocycles. The van der Waals surface area contributed by atoms with Gasteiger partial charge < -0.3 is 19.1 Å². The van der Waals surface area contributed by atoms with Gasteiger partial charge in [0.2, 0.25) is 0 Å². The number of nitrogens with one attached hydrogen (secondary N) is 1. The van der Waals surface area contributed by atoms with Gasteiger partial charge in [0.05, 0.1) is 6.61 Å². The zero-order chi connectivity index (χ0) is 19.6. The molecule has 0 atom stereocenters. The molecule has 0 saturated heterocycles. The summed E-state index contributed by atoms with van der Waals surface area (Å²) in [5.74, 6) is 2.36. The highest BCUT2D eigenvalue weighted by molar-refractivity contribution is 6.03. The minimum absolute atomic E-state index is 0.261. The molecule has 1 aromatic carbocycles. The lowest BCUT2D eigenvalue weighted by Crippen LogP contribution is -2.41. The number of amidine groups is 1. The first kappa shape index (κ1) is 19.1. The van der Waals surface area contributed by atoms with E-state index in [1.807, 2.05) is 23.6 Å². The lowest BCUT2D eigenvalue weighted by atomic mass is 10.2. The molecule has 1 aliphatic rings. The summed E-state index contributed by atoms with van der Waals surface area (Å²) in [5, 5.41) is 8.58. The average molecular weight is 371 g/mol. The van der Waals surface area contributed by atoms with E-state index in [1.165, 1.54) is 12.1 Å². The van der Waals surface area contributed by atoms with Gasteiger partial charge in [0.25, 0.3) is 0 Å². The quantitative estimate of drug-likeness (QED) is 0.760. The Morgan fingerprint density at radius 2 is 1.85 bits per heavy atom. The normalized spacial score (nSPS) is 14.1. The molecule has 27 heavy (non-hydrogen) atoms. The molecule has 0 radical (unpaired) electrons. The largest absolute Gasteiger partial charge is 0.381 e. The van der Waals surface area contributed by atoms with Crippen molar-refractivity contribution in [3.63, 3.8) is 0 Å². The van der Waals surface area contributed by atoms with Crippen LogP contribution >= 0.6 is 0 Å². The number of anilines is 1. The Morgan fingerprint density at radius 3 is 2.52 bits per heavy atom. The summed E-state index contributed by atoms with van der Waals surface area (Å²) in [5.41, 5.74) is 1.69. The van der Waals surface area contributed by atoms with E-state index in [0.29, 0.717) is 37.8 Å². The van der Waals surface area contributed by atoms with Crippen molar-refractivity contribution in [1.82, 2.24) is 14.5 Å². The van der Waals surface area contributed by atoms with Crippen molar-refractivity contribution in [2.24, 2.45) is 0 Å². The van der Waals surface area contributed by atoms with Crippen molar-refractivity contribution < 1.29 is 9.13 Å². The predicted molar refractivity (Wildman–Crippen MR) is 105 cm³/mol. The van der Waals surface area contributed by atoms with E-state index < -0.39 is 0 Å². The van der Waals surface area contributed by atoms with Crippen LogP contribution in [0.1, 0.15) is 30.4 Å². The van der Waals surface area contributed by atoms with Crippen LogP contribution < -0.4 is 4.90 Å². The minimum Gasteiger partial charge on any atom is -0.381 e. The van der Waals surface area contributed by atoms with Gasteiger partial charge >= 0.3 is 0 Å². The van der Waals surface area contributed by atoms with Crippen LogP contribution in [-0.2, 0) is 17.7 Å². The molecule has 0 spiro atoms. The summed E-state index contributed by atoms with van der Waals surface area (Å²) in [4.78, 5) is 8.42. The van der Waals surface area contributed by atoms with Gasteiger partial charge in [0.15, 0.2) is 11.7 Å². The zero-order valence-electron chi connectivity index (χ0n) is 16.1. The second-order valence-corrected chi connectivity index (χ2v) is 6.66. The van der Waals surface area contributed by atoms with Crippen molar-refractivity contribution in [3.8, 4) is 0 Å². The van der Waals surface area contributed by atoms with Crippen LogP contribution in [0.15, 0.2) is 36.7 Å². The second kappa shape index (κ2) is 7.92. The van der Waals surface area contributed by atoms with Crippen molar-refractivity contribution in [2.45, 2.75) is 26.3 Å². The fourth-order valence-electron chi connectivity index (χ4n) is 3.13. The standard InChI is InChI=1S/C20H26FN5O/c1-5-11-27-12-10-17-23-20-18(19(22)24(3)14(2)25(20)4)26(17)13-15-6-8-16(21)9-7-15/h6-9,22H,2,5,10-13H2,1,3-4H3. The lowest BCUT2D eigenvalue weighted by Gasteiger charge is -2.34. The molecule has 7 heteroatoms. The number of benzene rings is 1. The maximum atomic E-state index is 13.3. The van der Waals surface area contributed by atoms with Gasteiger partial charge in [0.1, 0.15) is 23.2 Å². The Hall–Kier alpha value is -2.67. The van der Waals surface area contributed by atoms with Gasteiger partial charge in [-0.1, -0.05) is 25.6 Å². The Morgan fingerprint density at radius 1 is 1.15 bits per heavy atom. The number of fused-ring (bicyclic) bond motifs is 1. The minimum atomic E-state index is -0.261. The fraction of sp³-hybridized carbons (Fsp3) is 0.400. The Bertz CT molecular complexity index is 843. The molecular weight excluding hydrogens is 345 g/mol. The van der Waals surface area contributed by atoms with Gasteiger partial charge in [-0.2, -0.15) is 0 Å². The van der Waals surface area contributed by atoms with Crippen molar-refractivity contribution in [2.75, 3.05) is 32.2 Å². The van der Waals surface area contributed by atoms with E-state index in [-0.39, 0.29) is 5.82 Å². The van der Waals surface area contributed by atoms with Crippen molar-refractivity contribution in [1.29, 1.82) is 5.41 Å². The number of aromatic nitrogens is 2. The first-order valence-corrected chi connectivity index (χ1v) is 9.10. The molecule has 1 aliphatic heterocycles. The number of hydrogen-bond donors (Lipinski definition) is 1. The molecular formula is C20H26FN5O. The molecule has 6 nitrogen and oxygen atoms in total. The number of imidazole rings is 1. The van der Waals surface area contributed by atoms with Crippen LogP contribution in [0.4, 0.5) is 10.2 Å². The van der Waals surface area contributed by atoms with Crippen LogP contribution in [0, 0.1) is 11.2 Å². The number of hydrogen-bond acceptors (Lipinski definition) is 4.